The molecule has 0 heterocycles. The molecule has 1 amide bonds. The fourth-order valence-corrected chi connectivity index (χ4v) is 10.3. The SMILES string of the molecule is CC/C=C/C=C/C=C\CCCCCCCC(=O)OC(/C=C\CCCCCCCCCCCC)C(COP(=O)(O)OCC[N+](C)(C)C)NC(=O)CCCCCCCCCCCCCCCCCCCCCCCCCCC. The van der Waals surface area contributed by atoms with E-state index in [0.717, 1.165) is 83.5 Å². The first-order valence-corrected chi connectivity index (χ1v) is 34.0. The maximum atomic E-state index is 13.6. The van der Waals surface area contributed by atoms with Gasteiger partial charge in [-0.15, -0.1) is 0 Å². The molecule has 446 valence electrons. The first kappa shape index (κ1) is 74.0. The van der Waals surface area contributed by atoms with Crippen LogP contribution in [-0.4, -0.2) is 74.3 Å². The number of rotatable bonds is 59. The van der Waals surface area contributed by atoms with E-state index in [1.54, 1.807) is 0 Å². The third-order valence-corrected chi connectivity index (χ3v) is 15.6. The first-order chi connectivity index (χ1) is 36.9. The Balaban J connectivity index is 5.04. The Morgan fingerprint density at radius 1 is 0.474 bits per heavy atom. The molecule has 0 rings (SSSR count). The van der Waals surface area contributed by atoms with Gasteiger partial charge in [0, 0.05) is 12.8 Å². The molecule has 0 aliphatic rings. The summed E-state index contributed by atoms with van der Waals surface area (Å²) >= 11 is 0. The summed E-state index contributed by atoms with van der Waals surface area (Å²) in [5.74, 6) is -0.518. The lowest BCUT2D eigenvalue weighted by molar-refractivity contribution is -0.870. The molecular formula is C66H126N2O7P+. The maximum absolute atomic E-state index is 13.6. The number of hydrogen-bond acceptors (Lipinski definition) is 6. The molecule has 0 spiro atoms. The normalized spacial score (nSPS) is 13.9. The summed E-state index contributed by atoms with van der Waals surface area (Å²) in [6.07, 6.45) is 69.9. The van der Waals surface area contributed by atoms with Crippen LogP contribution in [-0.2, 0) is 27.9 Å². The van der Waals surface area contributed by atoms with Gasteiger partial charge >= 0.3 is 13.8 Å². The van der Waals surface area contributed by atoms with Crippen molar-refractivity contribution >= 4 is 19.7 Å². The Morgan fingerprint density at radius 2 is 0.842 bits per heavy atom. The molecule has 0 aromatic heterocycles. The lowest BCUT2D eigenvalue weighted by Gasteiger charge is -2.27. The lowest BCUT2D eigenvalue weighted by Crippen LogP contribution is -2.47. The fourth-order valence-electron chi connectivity index (χ4n) is 9.59. The summed E-state index contributed by atoms with van der Waals surface area (Å²) in [5, 5.41) is 3.06. The van der Waals surface area contributed by atoms with E-state index in [9.17, 15) is 19.0 Å². The van der Waals surface area contributed by atoms with Gasteiger partial charge in [0.1, 0.15) is 19.3 Å². The monoisotopic (exact) mass is 1090 g/mol. The van der Waals surface area contributed by atoms with Gasteiger partial charge in [0.15, 0.2) is 0 Å². The van der Waals surface area contributed by atoms with Gasteiger partial charge in [0.05, 0.1) is 33.8 Å². The zero-order valence-corrected chi connectivity index (χ0v) is 51.9. The van der Waals surface area contributed by atoms with Gasteiger partial charge in [-0.3, -0.25) is 18.6 Å². The molecule has 0 fully saturated rings. The maximum Gasteiger partial charge on any atom is 0.472 e. The third-order valence-electron chi connectivity index (χ3n) is 14.6. The van der Waals surface area contributed by atoms with Crippen molar-refractivity contribution in [2.45, 2.75) is 322 Å². The van der Waals surface area contributed by atoms with Crippen molar-refractivity contribution in [1.29, 1.82) is 0 Å². The predicted molar refractivity (Wildman–Crippen MR) is 328 cm³/mol. The smallest absolute Gasteiger partial charge is 0.456 e. The number of allylic oxidation sites excluding steroid dienone is 7. The molecule has 0 aliphatic carbocycles. The summed E-state index contributed by atoms with van der Waals surface area (Å²) in [6, 6.07) is -0.854. The van der Waals surface area contributed by atoms with Crippen LogP contribution in [0, 0.1) is 0 Å². The molecule has 3 unspecified atom stereocenters. The minimum absolute atomic E-state index is 0.0377. The molecule has 0 saturated heterocycles. The number of hydrogen-bond donors (Lipinski definition) is 2. The summed E-state index contributed by atoms with van der Waals surface area (Å²) in [5.41, 5.74) is 0. The van der Waals surface area contributed by atoms with E-state index in [1.165, 1.54) is 193 Å². The summed E-state index contributed by atoms with van der Waals surface area (Å²) < 4.78 is 30.7. The lowest BCUT2D eigenvalue weighted by atomic mass is 10.0. The second-order valence-electron chi connectivity index (χ2n) is 23.3. The second-order valence-corrected chi connectivity index (χ2v) is 24.8. The van der Waals surface area contributed by atoms with Crippen molar-refractivity contribution in [3.8, 4) is 0 Å². The first-order valence-electron chi connectivity index (χ1n) is 32.5. The number of unbranched alkanes of at least 4 members (excludes halogenated alkanes) is 39. The Labute approximate surface area is 471 Å². The largest absolute Gasteiger partial charge is 0.472 e. The van der Waals surface area contributed by atoms with Crippen LogP contribution in [0.3, 0.4) is 0 Å². The molecule has 9 nitrogen and oxygen atoms in total. The van der Waals surface area contributed by atoms with Gasteiger partial charge in [-0.2, -0.15) is 0 Å². The van der Waals surface area contributed by atoms with Crippen LogP contribution in [0.25, 0.3) is 0 Å². The van der Waals surface area contributed by atoms with Crippen molar-refractivity contribution in [2.75, 3.05) is 40.9 Å². The van der Waals surface area contributed by atoms with Crippen LogP contribution in [0.15, 0.2) is 48.6 Å². The van der Waals surface area contributed by atoms with Crippen molar-refractivity contribution in [3.63, 3.8) is 0 Å². The molecule has 0 aromatic rings. The minimum Gasteiger partial charge on any atom is -0.456 e. The topological polar surface area (TPSA) is 111 Å². The van der Waals surface area contributed by atoms with Crippen LogP contribution in [0.2, 0.25) is 0 Å². The van der Waals surface area contributed by atoms with E-state index < -0.39 is 20.0 Å². The average Bonchev–Trinajstić information content (AvgIpc) is 3.38. The molecule has 0 aliphatic heterocycles. The number of ether oxygens (including phenoxy) is 1. The summed E-state index contributed by atoms with van der Waals surface area (Å²) in [7, 11) is 1.49. The van der Waals surface area contributed by atoms with Crippen LogP contribution < -0.4 is 5.32 Å². The van der Waals surface area contributed by atoms with Gasteiger partial charge in [-0.1, -0.05) is 294 Å². The summed E-state index contributed by atoms with van der Waals surface area (Å²) in [6.45, 7) is 6.90. The van der Waals surface area contributed by atoms with Gasteiger partial charge in [0.2, 0.25) is 5.91 Å². The number of nitrogens with one attached hydrogen (secondary N) is 1. The number of nitrogens with zero attached hydrogens (tertiary/aromatic N) is 1. The van der Waals surface area contributed by atoms with E-state index >= 15 is 0 Å². The minimum atomic E-state index is -4.45. The van der Waals surface area contributed by atoms with Crippen molar-refractivity contribution in [2.24, 2.45) is 0 Å². The number of esters is 1. The Hall–Kier alpha value is -2.03. The number of phosphoric acid groups is 1. The number of amides is 1. The highest BCUT2D eigenvalue weighted by Gasteiger charge is 2.30. The standard InChI is InChI=1S/C66H125N2O7P/c1-7-10-13-16-19-22-25-28-29-30-31-32-33-34-35-36-37-38-39-41-43-46-49-52-55-58-65(69)67-63(62-74-76(71,72)73-61-60-68(4,5)6)64(57-54-51-48-45-42-27-24-21-18-15-12-9-3)75-66(70)59-56-53-50-47-44-40-26-23-20-17-14-11-8-2/h11,14,17,20,23,26,54,57,63-64H,7-10,12-13,15-16,18-19,21-22,24-25,27-53,55-56,58-62H2,1-6H3,(H-,67,69,71,72)/p+1/b14-11+,20-17+,26-23-,57-54-. The quantitative estimate of drug-likeness (QED) is 0.0156. The molecule has 3 atom stereocenters. The fraction of sp³-hybridized carbons (Fsp3) is 0.848. The highest BCUT2D eigenvalue weighted by molar-refractivity contribution is 7.47. The van der Waals surface area contributed by atoms with E-state index in [2.05, 4.69) is 62.5 Å². The number of quaternary nitrogens is 1. The van der Waals surface area contributed by atoms with Crippen LogP contribution in [0.1, 0.15) is 310 Å². The molecule has 0 aromatic carbocycles. The van der Waals surface area contributed by atoms with Gasteiger partial charge in [0.25, 0.3) is 0 Å². The molecule has 10 heteroatoms. The summed E-state index contributed by atoms with van der Waals surface area (Å²) in [4.78, 5) is 37.7. The van der Waals surface area contributed by atoms with E-state index in [0.29, 0.717) is 17.4 Å². The van der Waals surface area contributed by atoms with Gasteiger partial charge in [-0.25, -0.2) is 4.57 Å². The number of likely N-dealkylation sites (N-methyl/N-ethyl adjacent to an activating group) is 1. The molecule has 0 radical (unpaired) electrons. The number of phosphoric ester groups is 1. The number of carbonyl (C=O) groups excluding carboxylic acids is 2. The van der Waals surface area contributed by atoms with Crippen molar-refractivity contribution in [3.05, 3.63) is 48.6 Å². The average molecular weight is 1090 g/mol. The van der Waals surface area contributed by atoms with Crippen LogP contribution in [0.4, 0.5) is 0 Å². The zero-order valence-electron chi connectivity index (χ0n) is 51.0. The molecule has 0 bridgehead atoms. The van der Waals surface area contributed by atoms with E-state index in [1.807, 2.05) is 33.3 Å². The Bertz CT molecular complexity index is 1440. The van der Waals surface area contributed by atoms with Crippen molar-refractivity contribution in [1.82, 2.24) is 5.32 Å². The van der Waals surface area contributed by atoms with Crippen LogP contribution >= 0.6 is 7.82 Å². The van der Waals surface area contributed by atoms with E-state index in [-0.39, 0.29) is 31.5 Å². The zero-order chi connectivity index (χ0) is 55.7. The Morgan fingerprint density at radius 3 is 1.25 bits per heavy atom. The highest BCUT2D eigenvalue weighted by atomic mass is 31.2. The highest BCUT2D eigenvalue weighted by Crippen LogP contribution is 2.43. The molecular weight excluding hydrogens is 964 g/mol. The van der Waals surface area contributed by atoms with Crippen molar-refractivity contribution < 1.29 is 37.3 Å². The van der Waals surface area contributed by atoms with Gasteiger partial charge < -0.3 is 19.4 Å². The Kier molecular flexibility index (Phi) is 54.7. The van der Waals surface area contributed by atoms with E-state index in [4.69, 9.17) is 13.8 Å². The number of carbonyl (C=O) groups is 2. The molecule has 76 heavy (non-hydrogen) atoms. The predicted octanol–water partition coefficient (Wildman–Crippen LogP) is 20.1. The van der Waals surface area contributed by atoms with Gasteiger partial charge in [-0.05, 0) is 51.0 Å². The van der Waals surface area contributed by atoms with Crippen LogP contribution in [0.5, 0.6) is 0 Å². The molecule has 0 saturated carbocycles. The third kappa shape index (κ3) is 56.7. The second kappa shape index (κ2) is 56.3. The molecule has 2 N–H and O–H groups in total.